The molecule has 22 heavy (non-hydrogen) atoms. The Balaban J connectivity index is 1.74. The Morgan fingerprint density at radius 2 is 2.23 bits per heavy atom. The monoisotopic (exact) mass is 301 g/mol. The maximum atomic E-state index is 6.37. The molecule has 0 bridgehead atoms. The Bertz CT molecular complexity index is 635. The zero-order valence-corrected chi connectivity index (χ0v) is 13.9. The van der Waals surface area contributed by atoms with Crippen LogP contribution in [0.3, 0.4) is 0 Å². The van der Waals surface area contributed by atoms with Gasteiger partial charge in [0.15, 0.2) is 0 Å². The van der Waals surface area contributed by atoms with E-state index in [9.17, 15) is 0 Å². The molecule has 1 aromatic carbocycles. The SMILES string of the molecule is CCCN[C@@H]1CCC[C@H](Oc2cc(C)c3[nH]ncc3c2C)C1. The van der Waals surface area contributed by atoms with Crippen molar-refractivity contribution in [1.29, 1.82) is 0 Å². The van der Waals surface area contributed by atoms with Crippen molar-refractivity contribution in [2.24, 2.45) is 0 Å². The molecule has 1 aliphatic rings. The second-order valence-corrected chi connectivity index (χ2v) is 6.53. The van der Waals surface area contributed by atoms with Crippen molar-refractivity contribution < 1.29 is 4.74 Å². The van der Waals surface area contributed by atoms with Crippen LogP contribution in [0, 0.1) is 13.8 Å². The van der Waals surface area contributed by atoms with Crippen molar-refractivity contribution in [3.63, 3.8) is 0 Å². The van der Waals surface area contributed by atoms with Gasteiger partial charge in [0.05, 0.1) is 11.7 Å². The summed E-state index contributed by atoms with van der Waals surface area (Å²) in [6.07, 6.45) is 8.21. The minimum absolute atomic E-state index is 0.325. The molecule has 1 heterocycles. The molecular formula is C18H27N3O. The first-order chi connectivity index (χ1) is 10.7. The Hall–Kier alpha value is -1.55. The van der Waals surface area contributed by atoms with Crippen molar-refractivity contribution in [3.8, 4) is 5.75 Å². The van der Waals surface area contributed by atoms with Crippen LogP contribution in [0.15, 0.2) is 12.3 Å². The Labute approximate surface area is 132 Å². The quantitative estimate of drug-likeness (QED) is 0.881. The van der Waals surface area contributed by atoms with Crippen LogP contribution in [0.2, 0.25) is 0 Å². The van der Waals surface area contributed by atoms with Gasteiger partial charge in [-0.2, -0.15) is 5.10 Å². The Morgan fingerprint density at radius 3 is 3.05 bits per heavy atom. The molecular weight excluding hydrogens is 274 g/mol. The lowest BCUT2D eigenvalue weighted by Crippen LogP contribution is -2.38. The molecule has 2 N–H and O–H groups in total. The summed E-state index contributed by atoms with van der Waals surface area (Å²) in [5, 5.41) is 12.1. The molecule has 2 atom stereocenters. The average Bonchev–Trinajstić information content (AvgIpc) is 3.01. The van der Waals surface area contributed by atoms with E-state index >= 15 is 0 Å². The summed E-state index contributed by atoms with van der Waals surface area (Å²) in [5.74, 6) is 1.02. The second-order valence-electron chi connectivity index (χ2n) is 6.53. The number of benzene rings is 1. The topological polar surface area (TPSA) is 49.9 Å². The van der Waals surface area contributed by atoms with E-state index in [0.29, 0.717) is 12.1 Å². The first-order valence-corrected chi connectivity index (χ1v) is 8.52. The van der Waals surface area contributed by atoms with Crippen LogP contribution in [-0.2, 0) is 0 Å². The maximum Gasteiger partial charge on any atom is 0.123 e. The van der Waals surface area contributed by atoms with E-state index in [0.717, 1.165) is 30.7 Å². The number of rotatable bonds is 5. The lowest BCUT2D eigenvalue weighted by Gasteiger charge is -2.31. The van der Waals surface area contributed by atoms with E-state index in [1.54, 1.807) is 0 Å². The van der Waals surface area contributed by atoms with Gasteiger partial charge in [0.25, 0.3) is 0 Å². The van der Waals surface area contributed by atoms with Crippen LogP contribution in [-0.4, -0.2) is 28.9 Å². The normalized spacial score (nSPS) is 22.1. The Kier molecular flexibility index (Phi) is 4.67. The molecule has 1 saturated carbocycles. The van der Waals surface area contributed by atoms with Gasteiger partial charge in [-0.05, 0) is 64.1 Å². The number of aryl methyl sites for hydroxylation is 2. The van der Waals surface area contributed by atoms with E-state index in [4.69, 9.17) is 4.74 Å². The number of nitrogens with one attached hydrogen (secondary N) is 2. The molecule has 1 fully saturated rings. The summed E-state index contributed by atoms with van der Waals surface area (Å²) in [7, 11) is 0. The third kappa shape index (κ3) is 3.12. The fourth-order valence-electron chi connectivity index (χ4n) is 3.47. The number of fused-ring (bicyclic) bond motifs is 1. The highest BCUT2D eigenvalue weighted by Gasteiger charge is 2.23. The van der Waals surface area contributed by atoms with Gasteiger partial charge < -0.3 is 10.1 Å². The van der Waals surface area contributed by atoms with Gasteiger partial charge >= 0.3 is 0 Å². The predicted octanol–water partition coefficient (Wildman–Crippen LogP) is 3.87. The minimum Gasteiger partial charge on any atom is -0.490 e. The molecule has 3 rings (SSSR count). The fraction of sp³-hybridized carbons (Fsp3) is 0.611. The molecule has 0 saturated heterocycles. The van der Waals surface area contributed by atoms with Crippen LogP contribution < -0.4 is 10.1 Å². The highest BCUT2D eigenvalue weighted by molar-refractivity contribution is 5.86. The zero-order valence-electron chi connectivity index (χ0n) is 13.9. The first kappa shape index (κ1) is 15.3. The summed E-state index contributed by atoms with van der Waals surface area (Å²) in [6.45, 7) is 7.56. The molecule has 1 aliphatic carbocycles. The molecule has 2 aromatic rings. The third-order valence-electron chi connectivity index (χ3n) is 4.76. The van der Waals surface area contributed by atoms with Gasteiger partial charge in [-0.3, -0.25) is 5.10 Å². The molecule has 120 valence electrons. The van der Waals surface area contributed by atoms with Crippen molar-refractivity contribution >= 4 is 10.9 Å². The van der Waals surface area contributed by atoms with Gasteiger partial charge in [0.1, 0.15) is 11.9 Å². The predicted molar refractivity (Wildman–Crippen MR) is 90.5 cm³/mol. The van der Waals surface area contributed by atoms with E-state index in [2.05, 4.69) is 42.4 Å². The van der Waals surface area contributed by atoms with Gasteiger partial charge in [0, 0.05) is 17.0 Å². The summed E-state index contributed by atoms with van der Waals surface area (Å²) < 4.78 is 6.37. The van der Waals surface area contributed by atoms with Gasteiger partial charge in [-0.25, -0.2) is 0 Å². The van der Waals surface area contributed by atoms with E-state index in [-0.39, 0.29) is 0 Å². The number of ether oxygens (including phenoxy) is 1. The van der Waals surface area contributed by atoms with Crippen molar-refractivity contribution in [2.45, 2.75) is 65.0 Å². The average molecular weight is 301 g/mol. The second kappa shape index (κ2) is 6.69. The van der Waals surface area contributed by atoms with Gasteiger partial charge in [0.2, 0.25) is 0 Å². The zero-order chi connectivity index (χ0) is 15.5. The number of H-pyrrole nitrogens is 1. The van der Waals surface area contributed by atoms with Crippen LogP contribution in [0.1, 0.15) is 50.2 Å². The molecule has 0 spiro atoms. The number of hydrogen-bond acceptors (Lipinski definition) is 3. The minimum atomic E-state index is 0.325. The molecule has 4 heteroatoms. The maximum absolute atomic E-state index is 6.37. The first-order valence-electron chi connectivity index (χ1n) is 8.52. The molecule has 4 nitrogen and oxygen atoms in total. The van der Waals surface area contributed by atoms with Crippen molar-refractivity contribution in [2.75, 3.05) is 6.54 Å². The van der Waals surface area contributed by atoms with Crippen molar-refractivity contribution in [1.82, 2.24) is 15.5 Å². The largest absolute Gasteiger partial charge is 0.490 e. The van der Waals surface area contributed by atoms with Crippen LogP contribution in [0.5, 0.6) is 5.75 Å². The van der Waals surface area contributed by atoms with E-state index in [1.165, 1.54) is 35.8 Å². The molecule has 0 radical (unpaired) electrons. The number of nitrogens with zero attached hydrogens (tertiary/aromatic N) is 1. The summed E-state index contributed by atoms with van der Waals surface area (Å²) >= 11 is 0. The molecule has 0 aliphatic heterocycles. The lowest BCUT2D eigenvalue weighted by atomic mass is 9.92. The highest BCUT2D eigenvalue weighted by Crippen LogP contribution is 2.32. The number of hydrogen-bond donors (Lipinski definition) is 2. The summed E-state index contributed by atoms with van der Waals surface area (Å²) in [4.78, 5) is 0. The summed E-state index contributed by atoms with van der Waals surface area (Å²) in [5.41, 5.74) is 3.51. The van der Waals surface area contributed by atoms with Gasteiger partial charge in [-0.15, -0.1) is 0 Å². The lowest BCUT2D eigenvalue weighted by molar-refractivity contribution is 0.134. The number of aromatic amines is 1. The third-order valence-corrected chi connectivity index (χ3v) is 4.76. The van der Waals surface area contributed by atoms with Gasteiger partial charge in [-0.1, -0.05) is 6.92 Å². The van der Waals surface area contributed by atoms with E-state index in [1.807, 2.05) is 6.20 Å². The van der Waals surface area contributed by atoms with E-state index < -0.39 is 0 Å². The Morgan fingerprint density at radius 1 is 1.36 bits per heavy atom. The van der Waals surface area contributed by atoms with Crippen LogP contribution in [0.4, 0.5) is 0 Å². The smallest absolute Gasteiger partial charge is 0.123 e. The standard InChI is InChI=1S/C18H27N3O/c1-4-8-19-14-6-5-7-15(10-14)22-17-9-12(2)18-16(13(17)3)11-20-21-18/h9,11,14-15,19H,4-8,10H2,1-3H3,(H,20,21)/t14-,15+/m1/s1. The summed E-state index contributed by atoms with van der Waals surface area (Å²) in [6, 6.07) is 2.76. The fourth-order valence-corrected chi connectivity index (χ4v) is 3.47. The van der Waals surface area contributed by atoms with Crippen molar-refractivity contribution in [3.05, 3.63) is 23.4 Å². The molecule has 1 aromatic heterocycles. The highest BCUT2D eigenvalue weighted by atomic mass is 16.5. The molecule has 0 amide bonds. The van der Waals surface area contributed by atoms with Crippen LogP contribution >= 0.6 is 0 Å². The molecule has 0 unspecified atom stereocenters. The number of aromatic nitrogens is 2. The van der Waals surface area contributed by atoms with Crippen LogP contribution in [0.25, 0.3) is 10.9 Å².